The van der Waals surface area contributed by atoms with Gasteiger partial charge in [-0.1, -0.05) is 16.8 Å². The molecule has 0 spiro atoms. The molecule has 0 aliphatic carbocycles. The summed E-state index contributed by atoms with van der Waals surface area (Å²) in [6.45, 7) is 5.54. The number of nitrogens with one attached hydrogen (secondary N) is 1. The lowest BCUT2D eigenvalue weighted by Gasteiger charge is -2.21. The van der Waals surface area contributed by atoms with E-state index in [-0.39, 0.29) is 24.0 Å². The van der Waals surface area contributed by atoms with Gasteiger partial charge in [-0.15, -0.1) is 24.0 Å². The maximum atomic E-state index is 5.94. The molecule has 1 fully saturated rings. The number of aromatic nitrogens is 4. The molecular weight excluding hydrogens is 541 g/mol. The van der Waals surface area contributed by atoms with Crippen molar-refractivity contribution < 1.29 is 4.52 Å². The predicted octanol–water partition coefficient (Wildman–Crippen LogP) is 3.81. The molecular formula is C22H29ClIN7O. The Morgan fingerprint density at radius 3 is 2.84 bits per heavy atom. The molecule has 0 saturated carbocycles. The van der Waals surface area contributed by atoms with Gasteiger partial charge >= 0.3 is 0 Å². The average molecular weight is 570 g/mol. The van der Waals surface area contributed by atoms with Gasteiger partial charge in [-0.2, -0.15) is 10.1 Å². The Bertz CT molecular complexity index is 1020. The van der Waals surface area contributed by atoms with Gasteiger partial charge in [0.1, 0.15) is 0 Å². The summed E-state index contributed by atoms with van der Waals surface area (Å²) >= 11 is 5.94. The molecule has 2 aromatic heterocycles. The molecule has 1 unspecified atom stereocenters. The maximum Gasteiger partial charge on any atom is 0.228 e. The number of aryl methyl sites for hydroxylation is 1. The molecule has 1 saturated heterocycles. The molecule has 1 aliphatic heterocycles. The maximum absolute atomic E-state index is 5.94. The van der Waals surface area contributed by atoms with E-state index in [1.807, 2.05) is 42.2 Å². The van der Waals surface area contributed by atoms with Gasteiger partial charge in [0.05, 0.1) is 12.7 Å². The van der Waals surface area contributed by atoms with Gasteiger partial charge in [-0.25, -0.2) is 0 Å². The minimum Gasteiger partial charge on any atom is -0.357 e. The minimum atomic E-state index is 0. The molecule has 1 N–H and O–H groups in total. The lowest BCUT2D eigenvalue weighted by atomic mass is 10.0. The Balaban J connectivity index is 0.00000289. The predicted molar refractivity (Wildman–Crippen MR) is 136 cm³/mol. The van der Waals surface area contributed by atoms with Crippen LogP contribution in [0.3, 0.4) is 0 Å². The van der Waals surface area contributed by atoms with Crippen LogP contribution in [0.15, 0.2) is 46.2 Å². The Kier molecular flexibility index (Phi) is 8.92. The Morgan fingerprint density at radius 2 is 2.12 bits per heavy atom. The fourth-order valence-electron chi connectivity index (χ4n) is 3.86. The van der Waals surface area contributed by atoms with Crippen molar-refractivity contribution in [2.24, 2.45) is 18.0 Å². The second-order valence-electron chi connectivity index (χ2n) is 7.83. The first-order valence-corrected chi connectivity index (χ1v) is 11.1. The summed E-state index contributed by atoms with van der Waals surface area (Å²) in [5.41, 5.74) is 2.18. The Labute approximate surface area is 210 Å². The van der Waals surface area contributed by atoms with Crippen LogP contribution in [-0.2, 0) is 19.9 Å². The summed E-state index contributed by atoms with van der Waals surface area (Å²) in [6.07, 6.45) is 6.88. The second-order valence-corrected chi connectivity index (χ2v) is 8.27. The number of aliphatic imine (C=N–C) groups is 1. The van der Waals surface area contributed by atoms with Gasteiger partial charge in [-0.3, -0.25) is 9.67 Å². The van der Waals surface area contributed by atoms with E-state index in [0.717, 1.165) is 44.0 Å². The first-order chi connectivity index (χ1) is 15.1. The van der Waals surface area contributed by atoms with Crippen LogP contribution >= 0.6 is 35.6 Å². The van der Waals surface area contributed by atoms with E-state index in [9.17, 15) is 0 Å². The first-order valence-electron chi connectivity index (χ1n) is 10.7. The summed E-state index contributed by atoms with van der Waals surface area (Å²) in [5, 5.41) is 12.4. The average Bonchev–Trinajstić information content (AvgIpc) is 3.50. The SMILES string of the molecule is CCNC(=NCCc1nc(-c2ccc(Cl)cc2)no1)N1CCC(Cc2cnn(C)c2)C1.I. The van der Waals surface area contributed by atoms with Crippen molar-refractivity contribution in [1.82, 2.24) is 30.1 Å². The highest BCUT2D eigenvalue weighted by molar-refractivity contribution is 14.0. The largest absolute Gasteiger partial charge is 0.357 e. The van der Waals surface area contributed by atoms with Crippen molar-refractivity contribution in [3.05, 3.63) is 53.1 Å². The fraction of sp³-hybridized carbons (Fsp3) is 0.455. The summed E-state index contributed by atoms with van der Waals surface area (Å²) in [6, 6.07) is 7.40. The third kappa shape index (κ3) is 6.44. The summed E-state index contributed by atoms with van der Waals surface area (Å²) < 4.78 is 7.26. The lowest BCUT2D eigenvalue weighted by Crippen LogP contribution is -2.40. The van der Waals surface area contributed by atoms with Gasteiger partial charge < -0.3 is 14.7 Å². The number of halogens is 2. The molecule has 0 amide bonds. The number of rotatable bonds is 7. The number of nitrogens with zero attached hydrogens (tertiary/aromatic N) is 6. The topological polar surface area (TPSA) is 84.4 Å². The van der Waals surface area contributed by atoms with Gasteiger partial charge in [-0.05, 0) is 55.5 Å². The highest BCUT2D eigenvalue weighted by atomic mass is 127. The zero-order valence-electron chi connectivity index (χ0n) is 18.4. The molecule has 172 valence electrons. The van der Waals surface area contributed by atoms with Crippen LogP contribution < -0.4 is 5.32 Å². The van der Waals surface area contributed by atoms with Crippen LogP contribution in [0.1, 0.15) is 24.8 Å². The number of benzene rings is 1. The number of hydrogen-bond donors (Lipinski definition) is 1. The fourth-order valence-corrected chi connectivity index (χ4v) is 3.98. The second kappa shape index (κ2) is 11.6. The van der Waals surface area contributed by atoms with Crippen LogP contribution in [0, 0.1) is 5.92 Å². The molecule has 4 rings (SSSR count). The molecule has 8 nitrogen and oxygen atoms in total. The van der Waals surface area contributed by atoms with Crippen LogP contribution in [0.25, 0.3) is 11.4 Å². The van der Waals surface area contributed by atoms with Crippen LogP contribution in [0.2, 0.25) is 5.02 Å². The van der Waals surface area contributed by atoms with E-state index in [0.29, 0.717) is 35.6 Å². The van der Waals surface area contributed by atoms with Crippen molar-refractivity contribution in [3.63, 3.8) is 0 Å². The molecule has 3 heterocycles. The Hall–Kier alpha value is -2.14. The lowest BCUT2D eigenvalue weighted by molar-refractivity contribution is 0.380. The monoisotopic (exact) mass is 569 g/mol. The van der Waals surface area contributed by atoms with Gasteiger partial charge in [0.25, 0.3) is 0 Å². The number of hydrogen-bond acceptors (Lipinski definition) is 5. The van der Waals surface area contributed by atoms with Gasteiger partial charge in [0.2, 0.25) is 11.7 Å². The van der Waals surface area contributed by atoms with Crippen LogP contribution in [0.5, 0.6) is 0 Å². The van der Waals surface area contributed by atoms with Crippen molar-refractivity contribution in [3.8, 4) is 11.4 Å². The summed E-state index contributed by atoms with van der Waals surface area (Å²) in [7, 11) is 1.96. The molecule has 0 radical (unpaired) electrons. The number of guanidine groups is 1. The van der Waals surface area contributed by atoms with Gasteiger partial charge in [0, 0.05) is 49.9 Å². The molecule has 10 heteroatoms. The third-order valence-corrected chi connectivity index (χ3v) is 5.61. The first kappa shape index (κ1) is 24.5. The van der Waals surface area contributed by atoms with Crippen molar-refractivity contribution in [2.75, 3.05) is 26.2 Å². The van der Waals surface area contributed by atoms with Crippen molar-refractivity contribution in [2.45, 2.75) is 26.2 Å². The summed E-state index contributed by atoms with van der Waals surface area (Å²) in [4.78, 5) is 11.6. The standard InChI is InChI=1S/C22H28ClN7O.HI/c1-3-24-22(30-11-9-16(15-30)12-17-13-26-29(2)14-17)25-10-8-20-27-21(28-31-20)18-4-6-19(23)7-5-18;/h4-7,13-14,16H,3,8-12,15H2,1-2H3,(H,24,25);1H. The van der Waals surface area contributed by atoms with E-state index < -0.39 is 0 Å². The highest BCUT2D eigenvalue weighted by Gasteiger charge is 2.25. The third-order valence-electron chi connectivity index (χ3n) is 5.36. The highest BCUT2D eigenvalue weighted by Crippen LogP contribution is 2.21. The molecule has 1 atom stereocenters. The minimum absolute atomic E-state index is 0. The normalized spacial score (nSPS) is 16.3. The molecule has 1 aliphatic rings. The van der Waals surface area contributed by atoms with Crippen molar-refractivity contribution in [1.29, 1.82) is 0 Å². The molecule has 1 aromatic carbocycles. The van der Waals surface area contributed by atoms with Crippen LogP contribution in [-0.4, -0.2) is 57.0 Å². The van der Waals surface area contributed by atoms with E-state index in [2.05, 4.69) is 38.6 Å². The quantitative estimate of drug-likeness (QED) is 0.265. The molecule has 0 bridgehead atoms. The zero-order chi connectivity index (χ0) is 21.6. The zero-order valence-corrected chi connectivity index (χ0v) is 21.5. The van der Waals surface area contributed by atoms with Crippen LogP contribution in [0.4, 0.5) is 0 Å². The number of likely N-dealkylation sites (tertiary alicyclic amines) is 1. The van der Waals surface area contributed by atoms with Gasteiger partial charge in [0.15, 0.2) is 5.96 Å². The smallest absolute Gasteiger partial charge is 0.228 e. The van der Waals surface area contributed by atoms with Crippen molar-refractivity contribution >= 4 is 41.5 Å². The van der Waals surface area contributed by atoms with E-state index in [1.54, 1.807) is 0 Å². The molecule has 3 aromatic rings. The Morgan fingerprint density at radius 1 is 1.31 bits per heavy atom. The summed E-state index contributed by atoms with van der Waals surface area (Å²) in [5.74, 6) is 2.72. The van der Waals surface area contributed by atoms with E-state index in [4.69, 9.17) is 21.1 Å². The van der Waals surface area contributed by atoms with E-state index >= 15 is 0 Å². The molecule has 32 heavy (non-hydrogen) atoms. The van der Waals surface area contributed by atoms with E-state index in [1.165, 1.54) is 5.56 Å².